The zero-order valence-corrected chi connectivity index (χ0v) is 14.1. The molecule has 1 aliphatic heterocycles. The van der Waals surface area contributed by atoms with Crippen LogP contribution in [0.15, 0.2) is 24.3 Å². The van der Waals surface area contributed by atoms with Crippen LogP contribution in [0.1, 0.15) is 19.4 Å². The molecule has 1 aromatic carbocycles. The highest BCUT2D eigenvalue weighted by Crippen LogP contribution is 2.20. The van der Waals surface area contributed by atoms with Crippen LogP contribution in [0, 0.1) is 12.8 Å². The van der Waals surface area contributed by atoms with E-state index >= 15 is 0 Å². The van der Waals surface area contributed by atoms with E-state index in [0.29, 0.717) is 5.92 Å². The summed E-state index contributed by atoms with van der Waals surface area (Å²) in [7, 11) is 0. The highest BCUT2D eigenvalue weighted by Gasteiger charge is 2.27. The molecule has 0 N–H and O–H groups in total. The van der Waals surface area contributed by atoms with Crippen LogP contribution in [0.3, 0.4) is 0 Å². The average Bonchev–Trinajstić information content (AvgIpc) is 2.46. The zero-order chi connectivity index (χ0) is 14.7. The maximum absolute atomic E-state index is 12.3. The van der Waals surface area contributed by atoms with Crippen molar-refractivity contribution >= 4 is 27.5 Å². The summed E-state index contributed by atoms with van der Waals surface area (Å²) >= 11 is 3.51. The Hall–Kier alpha value is -1.03. The normalized spacial score (nSPS) is 17.4. The molecule has 0 bridgehead atoms. The molecule has 110 valence electrons. The van der Waals surface area contributed by atoms with E-state index in [-0.39, 0.29) is 10.7 Å². The minimum absolute atomic E-state index is 0.0620. The van der Waals surface area contributed by atoms with Crippen molar-refractivity contribution in [2.24, 2.45) is 5.92 Å². The largest absolute Gasteiger partial charge is 0.368 e. The van der Waals surface area contributed by atoms with Crippen molar-refractivity contribution in [3.63, 3.8) is 0 Å². The van der Waals surface area contributed by atoms with Gasteiger partial charge >= 0.3 is 0 Å². The average molecular weight is 339 g/mol. The number of carbonyl (C=O) groups is 1. The van der Waals surface area contributed by atoms with E-state index in [2.05, 4.69) is 65.9 Å². The topological polar surface area (TPSA) is 23.6 Å². The summed E-state index contributed by atoms with van der Waals surface area (Å²) in [4.78, 5) is 16.6. The Kier molecular flexibility index (Phi) is 5.08. The molecule has 0 radical (unpaired) electrons. The number of anilines is 1. The number of nitrogens with zero attached hydrogens (tertiary/aromatic N) is 2. The van der Waals surface area contributed by atoms with E-state index in [9.17, 15) is 4.79 Å². The summed E-state index contributed by atoms with van der Waals surface area (Å²) < 4.78 is 0. The number of piperazine rings is 1. The monoisotopic (exact) mass is 338 g/mol. The molecule has 1 fully saturated rings. The Morgan fingerprint density at radius 2 is 1.85 bits per heavy atom. The number of rotatable bonds is 3. The van der Waals surface area contributed by atoms with Crippen LogP contribution >= 0.6 is 15.9 Å². The second kappa shape index (κ2) is 6.61. The zero-order valence-electron chi connectivity index (χ0n) is 12.5. The molecule has 0 spiro atoms. The van der Waals surface area contributed by atoms with E-state index in [1.165, 1.54) is 11.3 Å². The van der Waals surface area contributed by atoms with Gasteiger partial charge in [0.1, 0.15) is 0 Å². The van der Waals surface area contributed by atoms with Crippen LogP contribution in [0.4, 0.5) is 5.69 Å². The third-order valence-electron chi connectivity index (χ3n) is 3.78. The number of hydrogen-bond donors (Lipinski definition) is 0. The molecule has 0 aliphatic carbocycles. The standard InChI is InChI=1S/C16H23BrN2O/c1-12(2)15(17)16(20)19-9-7-18(8-10-19)14-6-4-5-13(3)11-14/h4-6,11-12,15H,7-10H2,1-3H3. The lowest BCUT2D eigenvalue weighted by molar-refractivity contribution is -0.131. The minimum atomic E-state index is -0.0620. The Balaban J connectivity index is 1.94. The van der Waals surface area contributed by atoms with Crippen molar-refractivity contribution in [3.8, 4) is 0 Å². The fourth-order valence-electron chi connectivity index (χ4n) is 2.47. The van der Waals surface area contributed by atoms with Crippen molar-refractivity contribution in [2.75, 3.05) is 31.1 Å². The van der Waals surface area contributed by atoms with E-state index in [1.807, 2.05) is 4.90 Å². The quantitative estimate of drug-likeness (QED) is 0.791. The van der Waals surface area contributed by atoms with Gasteiger partial charge in [0.05, 0.1) is 4.83 Å². The summed E-state index contributed by atoms with van der Waals surface area (Å²) in [6.45, 7) is 9.69. The van der Waals surface area contributed by atoms with Crippen molar-refractivity contribution in [3.05, 3.63) is 29.8 Å². The number of carbonyl (C=O) groups excluding carboxylic acids is 1. The second-order valence-electron chi connectivity index (χ2n) is 5.80. The van der Waals surface area contributed by atoms with Crippen molar-refractivity contribution in [2.45, 2.75) is 25.6 Å². The Labute approximate surface area is 130 Å². The van der Waals surface area contributed by atoms with Gasteiger partial charge in [-0.25, -0.2) is 0 Å². The highest BCUT2D eigenvalue weighted by atomic mass is 79.9. The van der Waals surface area contributed by atoms with E-state index in [1.54, 1.807) is 0 Å². The molecule has 0 saturated carbocycles. The van der Waals surface area contributed by atoms with Crippen LogP contribution in [0.5, 0.6) is 0 Å². The van der Waals surface area contributed by atoms with Crippen molar-refractivity contribution < 1.29 is 4.79 Å². The summed E-state index contributed by atoms with van der Waals surface area (Å²) in [5.41, 5.74) is 2.54. The molecule has 1 atom stereocenters. The first-order valence-electron chi connectivity index (χ1n) is 7.23. The third-order valence-corrected chi connectivity index (χ3v) is 5.23. The maximum atomic E-state index is 12.3. The molecule has 20 heavy (non-hydrogen) atoms. The fraction of sp³-hybridized carbons (Fsp3) is 0.562. The van der Waals surface area contributed by atoms with Crippen molar-refractivity contribution in [1.82, 2.24) is 4.90 Å². The molecule has 1 unspecified atom stereocenters. The number of hydrogen-bond acceptors (Lipinski definition) is 2. The van der Waals surface area contributed by atoms with Crippen LogP contribution in [0.2, 0.25) is 0 Å². The Morgan fingerprint density at radius 1 is 1.20 bits per heavy atom. The minimum Gasteiger partial charge on any atom is -0.368 e. The summed E-state index contributed by atoms with van der Waals surface area (Å²) in [6, 6.07) is 8.56. The number of aryl methyl sites for hydroxylation is 1. The van der Waals surface area contributed by atoms with E-state index < -0.39 is 0 Å². The first-order chi connectivity index (χ1) is 9.49. The molecule has 1 aliphatic rings. The molecule has 1 amide bonds. The van der Waals surface area contributed by atoms with Gasteiger partial charge in [-0.1, -0.05) is 41.9 Å². The molecule has 1 aromatic rings. The molecule has 1 saturated heterocycles. The molecule has 4 heteroatoms. The lowest BCUT2D eigenvalue weighted by atomic mass is 10.1. The molecular weight excluding hydrogens is 316 g/mol. The maximum Gasteiger partial charge on any atom is 0.236 e. The smallest absolute Gasteiger partial charge is 0.236 e. The van der Waals surface area contributed by atoms with Gasteiger partial charge in [0.25, 0.3) is 0 Å². The highest BCUT2D eigenvalue weighted by molar-refractivity contribution is 9.10. The fourth-order valence-corrected chi connectivity index (χ4v) is 2.76. The van der Waals surface area contributed by atoms with Gasteiger partial charge in [-0.05, 0) is 30.5 Å². The number of benzene rings is 1. The van der Waals surface area contributed by atoms with Gasteiger partial charge in [0.15, 0.2) is 0 Å². The molecule has 1 heterocycles. The van der Waals surface area contributed by atoms with Gasteiger partial charge in [-0.3, -0.25) is 4.79 Å². The lowest BCUT2D eigenvalue weighted by Gasteiger charge is -2.37. The molecule has 3 nitrogen and oxygen atoms in total. The van der Waals surface area contributed by atoms with Crippen LogP contribution in [-0.4, -0.2) is 41.8 Å². The lowest BCUT2D eigenvalue weighted by Crippen LogP contribution is -2.51. The first-order valence-corrected chi connectivity index (χ1v) is 8.15. The van der Waals surface area contributed by atoms with Crippen LogP contribution < -0.4 is 4.90 Å². The predicted octanol–water partition coefficient (Wildman–Crippen LogP) is 3.06. The SMILES string of the molecule is Cc1cccc(N2CCN(C(=O)C(Br)C(C)C)CC2)c1. The van der Waals surface area contributed by atoms with Gasteiger partial charge in [0.2, 0.25) is 5.91 Å². The van der Waals surface area contributed by atoms with E-state index in [0.717, 1.165) is 26.2 Å². The third kappa shape index (κ3) is 3.54. The predicted molar refractivity (Wildman–Crippen MR) is 87.5 cm³/mol. The second-order valence-corrected chi connectivity index (χ2v) is 6.78. The summed E-state index contributed by atoms with van der Waals surface area (Å²) in [5.74, 6) is 0.557. The van der Waals surface area contributed by atoms with Gasteiger partial charge in [0, 0.05) is 31.9 Å². The van der Waals surface area contributed by atoms with Crippen LogP contribution in [0.25, 0.3) is 0 Å². The van der Waals surface area contributed by atoms with Crippen LogP contribution in [-0.2, 0) is 4.79 Å². The molecule has 0 aromatic heterocycles. The first kappa shape index (κ1) is 15.4. The number of alkyl halides is 1. The summed E-state index contributed by atoms with van der Waals surface area (Å²) in [5, 5.41) is 0. The number of halogens is 1. The molecule has 2 rings (SSSR count). The van der Waals surface area contributed by atoms with Gasteiger partial charge < -0.3 is 9.80 Å². The number of amides is 1. The molecular formula is C16H23BrN2O. The Morgan fingerprint density at radius 3 is 2.40 bits per heavy atom. The Bertz CT molecular complexity index is 467. The van der Waals surface area contributed by atoms with Crippen molar-refractivity contribution in [1.29, 1.82) is 0 Å². The summed E-state index contributed by atoms with van der Waals surface area (Å²) in [6.07, 6.45) is 0. The van der Waals surface area contributed by atoms with Gasteiger partial charge in [-0.15, -0.1) is 0 Å². The van der Waals surface area contributed by atoms with Gasteiger partial charge in [-0.2, -0.15) is 0 Å². The van der Waals surface area contributed by atoms with E-state index in [4.69, 9.17) is 0 Å².